The summed E-state index contributed by atoms with van der Waals surface area (Å²) in [6.45, 7) is 3.19. The molecule has 0 fully saturated rings. The Morgan fingerprint density at radius 1 is 1.03 bits per heavy atom. The Labute approximate surface area is 211 Å². The van der Waals surface area contributed by atoms with Crippen LogP contribution in [-0.2, 0) is 11.3 Å². The minimum atomic E-state index is -0.0854. The number of para-hydroxylation sites is 1. The number of anilines is 1. The van der Waals surface area contributed by atoms with Crippen LogP contribution in [0, 0.1) is 6.92 Å². The van der Waals surface area contributed by atoms with Crippen molar-refractivity contribution < 1.29 is 9.59 Å². The number of hydrogen-bond donors (Lipinski definition) is 2. The summed E-state index contributed by atoms with van der Waals surface area (Å²) in [6.07, 6.45) is 2.05. The third-order valence-electron chi connectivity index (χ3n) is 5.58. The molecule has 0 atom stereocenters. The van der Waals surface area contributed by atoms with Gasteiger partial charge < -0.3 is 15.2 Å². The number of benzene rings is 3. The molecule has 5 aromatic rings. The lowest BCUT2D eigenvalue weighted by molar-refractivity contribution is -0.113. The van der Waals surface area contributed by atoms with Gasteiger partial charge in [0.1, 0.15) is 0 Å². The number of hydrogen-bond acceptors (Lipinski definition) is 5. The van der Waals surface area contributed by atoms with Crippen LogP contribution in [0.25, 0.3) is 21.1 Å². The Kier molecular flexibility index (Phi) is 6.83. The van der Waals surface area contributed by atoms with Crippen LogP contribution in [0.2, 0.25) is 0 Å². The van der Waals surface area contributed by atoms with E-state index >= 15 is 0 Å². The minimum Gasteiger partial charge on any atom is -0.350 e. The smallest absolute Gasteiger partial charge is 0.251 e. The molecule has 5 rings (SSSR count). The monoisotopic (exact) mass is 500 g/mol. The first-order chi connectivity index (χ1) is 17.1. The van der Waals surface area contributed by atoms with Gasteiger partial charge in [0.25, 0.3) is 5.91 Å². The zero-order valence-electron chi connectivity index (χ0n) is 19.2. The van der Waals surface area contributed by atoms with Gasteiger partial charge in [-0.15, -0.1) is 11.8 Å². The van der Waals surface area contributed by atoms with E-state index in [1.54, 1.807) is 12.1 Å². The van der Waals surface area contributed by atoms with E-state index < -0.39 is 0 Å². The van der Waals surface area contributed by atoms with Gasteiger partial charge >= 0.3 is 0 Å². The van der Waals surface area contributed by atoms with Gasteiger partial charge in [0.05, 0.1) is 16.0 Å². The number of fused-ring (bicyclic) bond motifs is 2. The number of aromatic nitrogens is 2. The van der Waals surface area contributed by atoms with Crippen LogP contribution in [0.4, 0.5) is 5.13 Å². The summed E-state index contributed by atoms with van der Waals surface area (Å²) in [5, 5.41) is 7.62. The Morgan fingerprint density at radius 3 is 2.69 bits per heavy atom. The van der Waals surface area contributed by atoms with E-state index in [0.29, 0.717) is 23.8 Å². The predicted molar refractivity (Wildman–Crippen MR) is 144 cm³/mol. The number of carbonyl (C=O) groups is 2. The summed E-state index contributed by atoms with van der Waals surface area (Å²) in [5.41, 5.74) is 3.79. The third kappa shape index (κ3) is 5.39. The van der Waals surface area contributed by atoms with Gasteiger partial charge in [-0.1, -0.05) is 53.8 Å². The number of carbonyl (C=O) groups excluding carboxylic acids is 2. The summed E-state index contributed by atoms with van der Waals surface area (Å²) in [4.78, 5) is 30.5. The highest BCUT2D eigenvalue weighted by Gasteiger charge is 2.13. The second-order valence-electron chi connectivity index (χ2n) is 8.15. The van der Waals surface area contributed by atoms with Crippen molar-refractivity contribution in [2.45, 2.75) is 18.4 Å². The molecule has 0 spiro atoms. The molecule has 6 nitrogen and oxygen atoms in total. The molecule has 2 aromatic heterocycles. The van der Waals surface area contributed by atoms with E-state index in [-0.39, 0.29) is 17.6 Å². The van der Waals surface area contributed by atoms with Crippen molar-refractivity contribution in [3.8, 4) is 0 Å². The van der Waals surface area contributed by atoms with Gasteiger partial charge in [-0.05, 0) is 42.8 Å². The quantitative estimate of drug-likeness (QED) is 0.267. The van der Waals surface area contributed by atoms with Crippen molar-refractivity contribution in [2.75, 3.05) is 17.6 Å². The molecular weight excluding hydrogens is 476 g/mol. The van der Waals surface area contributed by atoms with Crippen molar-refractivity contribution >= 4 is 61.2 Å². The topological polar surface area (TPSA) is 76.0 Å². The molecule has 0 aliphatic carbocycles. The maximum atomic E-state index is 12.6. The Bertz CT molecular complexity index is 1510. The molecule has 2 heterocycles. The van der Waals surface area contributed by atoms with E-state index in [1.165, 1.54) is 28.7 Å². The summed E-state index contributed by atoms with van der Waals surface area (Å²) < 4.78 is 3.19. The van der Waals surface area contributed by atoms with Gasteiger partial charge in [0.2, 0.25) is 5.91 Å². The fraction of sp³-hybridized carbons (Fsp3) is 0.148. The van der Waals surface area contributed by atoms with E-state index in [4.69, 9.17) is 0 Å². The van der Waals surface area contributed by atoms with Crippen LogP contribution in [0.3, 0.4) is 0 Å². The molecule has 0 unspecified atom stereocenters. The molecule has 8 heteroatoms. The van der Waals surface area contributed by atoms with Crippen LogP contribution in [0.1, 0.15) is 15.9 Å². The van der Waals surface area contributed by atoms with Crippen LogP contribution in [0.15, 0.2) is 83.9 Å². The van der Waals surface area contributed by atoms with E-state index in [2.05, 4.69) is 44.6 Å². The number of thioether (sulfide) groups is 1. The standard InChI is InChI=1S/C27H24N4O2S2/c1-18-11-12-21-23(15-18)35-27(29-21)30-25(32)17-34-24-16-31(22-10-6-5-9-20(22)24)14-13-28-26(33)19-7-3-2-4-8-19/h2-12,15-16H,13-14,17H2,1H3,(H,28,33)(H,29,30,32). The number of nitrogens with zero attached hydrogens (tertiary/aromatic N) is 2. The molecule has 0 aliphatic heterocycles. The van der Waals surface area contributed by atoms with Gasteiger partial charge in [0.15, 0.2) is 5.13 Å². The van der Waals surface area contributed by atoms with Gasteiger partial charge in [-0.25, -0.2) is 4.98 Å². The molecule has 2 amide bonds. The summed E-state index contributed by atoms with van der Waals surface area (Å²) in [5.74, 6) is 0.115. The molecule has 176 valence electrons. The summed E-state index contributed by atoms with van der Waals surface area (Å²) in [6, 6.07) is 23.4. The first-order valence-electron chi connectivity index (χ1n) is 11.3. The lowest BCUT2D eigenvalue weighted by Gasteiger charge is -2.07. The highest BCUT2D eigenvalue weighted by molar-refractivity contribution is 8.00. The number of rotatable bonds is 8. The highest BCUT2D eigenvalue weighted by Crippen LogP contribution is 2.31. The Balaban J connectivity index is 1.22. The number of nitrogens with one attached hydrogen (secondary N) is 2. The second kappa shape index (κ2) is 10.3. The lowest BCUT2D eigenvalue weighted by Crippen LogP contribution is -2.26. The SMILES string of the molecule is Cc1ccc2nc(NC(=O)CSc3cn(CCNC(=O)c4ccccc4)c4ccccc34)sc2c1. The largest absolute Gasteiger partial charge is 0.350 e. The van der Waals surface area contributed by atoms with Crippen molar-refractivity contribution in [1.29, 1.82) is 0 Å². The van der Waals surface area contributed by atoms with E-state index in [0.717, 1.165) is 26.0 Å². The predicted octanol–water partition coefficient (Wildman–Crippen LogP) is 5.72. The average Bonchev–Trinajstić information content (AvgIpc) is 3.43. The second-order valence-corrected chi connectivity index (χ2v) is 10.2. The molecule has 0 saturated heterocycles. The van der Waals surface area contributed by atoms with Gasteiger partial charge in [0, 0.05) is 40.6 Å². The lowest BCUT2D eigenvalue weighted by atomic mass is 10.2. The fourth-order valence-corrected chi connectivity index (χ4v) is 5.75. The average molecular weight is 501 g/mol. The van der Waals surface area contributed by atoms with Crippen LogP contribution in [-0.4, -0.2) is 33.7 Å². The molecule has 0 aliphatic rings. The first-order valence-corrected chi connectivity index (χ1v) is 13.1. The van der Waals surface area contributed by atoms with Crippen LogP contribution >= 0.6 is 23.1 Å². The summed E-state index contributed by atoms with van der Waals surface area (Å²) >= 11 is 2.99. The zero-order chi connectivity index (χ0) is 24.2. The minimum absolute atomic E-state index is 0.0849. The molecule has 0 saturated carbocycles. The van der Waals surface area contributed by atoms with Crippen LogP contribution in [0.5, 0.6) is 0 Å². The third-order valence-corrected chi connectivity index (χ3v) is 7.55. The molecule has 0 bridgehead atoms. The number of aryl methyl sites for hydroxylation is 1. The van der Waals surface area contributed by atoms with E-state index in [9.17, 15) is 9.59 Å². The first kappa shape index (κ1) is 23.1. The maximum Gasteiger partial charge on any atom is 0.251 e. The fourth-order valence-electron chi connectivity index (χ4n) is 3.88. The van der Waals surface area contributed by atoms with Crippen molar-refractivity contribution in [3.05, 3.63) is 90.1 Å². The van der Waals surface area contributed by atoms with Crippen molar-refractivity contribution in [2.24, 2.45) is 0 Å². The Hall–Kier alpha value is -3.62. The highest BCUT2D eigenvalue weighted by atomic mass is 32.2. The molecular formula is C27H24N4O2S2. The normalized spacial score (nSPS) is 11.1. The van der Waals surface area contributed by atoms with Crippen molar-refractivity contribution in [1.82, 2.24) is 14.9 Å². The van der Waals surface area contributed by atoms with Crippen molar-refractivity contribution in [3.63, 3.8) is 0 Å². The number of amides is 2. The van der Waals surface area contributed by atoms with Gasteiger partial charge in [-0.2, -0.15) is 0 Å². The molecule has 35 heavy (non-hydrogen) atoms. The van der Waals surface area contributed by atoms with E-state index in [1.807, 2.05) is 49.4 Å². The van der Waals surface area contributed by atoms with Gasteiger partial charge in [-0.3, -0.25) is 9.59 Å². The summed E-state index contributed by atoms with van der Waals surface area (Å²) in [7, 11) is 0. The molecule has 2 N–H and O–H groups in total. The van der Waals surface area contributed by atoms with Crippen LogP contribution < -0.4 is 10.6 Å². The zero-order valence-corrected chi connectivity index (χ0v) is 20.8. The Morgan fingerprint density at radius 2 is 1.83 bits per heavy atom. The number of thiazole rings is 1. The molecule has 0 radical (unpaired) electrons. The molecule has 3 aromatic carbocycles. The maximum absolute atomic E-state index is 12.6.